The van der Waals surface area contributed by atoms with Crippen molar-refractivity contribution < 1.29 is 12.6 Å². The topological polar surface area (TPSA) is 43.4 Å². The van der Waals surface area contributed by atoms with Crippen LogP contribution in [0.3, 0.4) is 0 Å². The van der Waals surface area contributed by atoms with E-state index in [4.69, 9.17) is 4.18 Å². The van der Waals surface area contributed by atoms with Crippen LogP contribution in [0.4, 0.5) is 0 Å². The van der Waals surface area contributed by atoms with Gasteiger partial charge in [-0.1, -0.05) is 43.0 Å². The van der Waals surface area contributed by atoms with Crippen molar-refractivity contribution in [1.29, 1.82) is 0 Å². The van der Waals surface area contributed by atoms with Gasteiger partial charge >= 0.3 is 39.7 Å². The molecule has 5 heteroatoms. The molecule has 0 aliphatic heterocycles. The van der Waals surface area contributed by atoms with Crippen LogP contribution in [0.15, 0.2) is 71.8 Å². The van der Waals surface area contributed by atoms with E-state index in [-0.39, 0.29) is 40.2 Å². The first-order valence-electron chi connectivity index (χ1n) is 6.49. The van der Waals surface area contributed by atoms with E-state index in [1.807, 2.05) is 42.5 Å². The Morgan fingerprint density at radius 1 is 0.955 bits per heavy atom. The average Bonchev–Trinajstić information content (AvgIpc) is 2.43. The Kier molecular flexibility index (Phi) is 4.97. The molecule has 3 aromatic rings. The van der Waals surface area contributed by atoms with Gasteiger partial charge in [-0.25, -0.2) is 0 Å². The van der Waals surface area contributed by atoms with E-state index in [9.17, 15) is 8.42 Å². The fraction of sp³-hybridized carbons (Fsp3) is 0.0588. The summed E-state index contributed by atoms with van der Waals surface area (Å²) < 4.78 is 29.5. The fourth-order valence-corrected chi connectivity index (χ4v) is 3.54. The van der Waals surface area contributed by atoms with Gasteiger partial charge in [0.15, 0.2) is 0 Å². The fourth-order valence-electron chi connectivity index (χ4n) is 2.39. The second-order valence-corrected chi connectivity index (χ2v) is 6.43. The molecule has 0 aliphatic carbocycles. The summed E-state index contributed by atoms with van der Waals surface area (Å²) in [6.45, 7) is 5.01. The standard InChI is InChI=1S/C17H14O3S.Na.H/c1-12(2)20-21(18,19)17-9-5-8-15-10-13-6-3-4-7-14(13)11-16(15)17;;/h3-11H,1H2,2H3;;. The van der Waals surface area contributed by atoms with E-state index in [0.29, 0.717) is 5.39 Å². The summed E-state index contributed by atoms with van der Waals surface area (Å²) in [6.07, 6.45) is 0. The molecule has 22 heavy (non-hydrogen) atoms. The molecule has 0 amide bonds. The molecule has 0 saturated heterocycles. The van der Waals surface area contributed by atoms with Gasteiger partial charge in [0.2, 0.25) is 0 Å². The van der Waals surface area contributed by atoms with E-state index >= 15 is 0 Å². The number of rotatable bonds is 3. The predicted molar refractivity (Wildman–Crippen MR) is 91.7 cm³/mol. The molecule has 3 nitrogen and oxygen atoms in total. The van der Waals surface area contributed by atoms with Crippen LogP contribution in [0.1, 0.15) is 6.92 Å². The van der Waals surface area contributed by atoms with E-state index in [0.717, 1.165) is 16.2 Å². The van der Waals surface area contributed by atoms with Crippen molar-refractivity contribution in [3.63, 3.8) is 0 Å². The summed E-state index contributed by atoms with van der Waals surface area (Å²) >= 11 is 0. The third kappa shape index (κ3) is 3.20. The molecule has 3 aromatic carbocycles. The van der Waals surface area contributed by atoms with Gasteiger partial charge < -0.3 is 4.18 Å². The molecule has 108 valence electrons. The molecule has 0 aliphatic rings. The Labute approximate surface area is 152 Å². The first-order valence-corrected chi connectivity index (χ1v) is 7.90. The Morgan fingerprint density at radius 2 is 1.55 bits per heavy atom. The number of hydrogen-bond donors (Lipinski definition) is 0. The Morgan fingerprint density at radius 3 is 2.18 bits per heavy atom. The number of allylic oxidation sites excluding steroid dienone is 1. The van der Waals surface area contributed by atoms with Crippen LogP contribution < -0.4 is 0 Å². The maximum absolute atomic E-state index is 12.3. The van der Waals surface area contributed by atoms with Crippen molar-refractivity contribution >= 4 is 61.2 Å². The normalized spacial score (nSPS) is 11.1. The molecule has 0 atom stereocenters. The minimum absolute atomic E-state index is 0. The summed E-state index contributed by atoms with van der Waals surface area (Å²) in [5.41, 5.74) is 0. The summed E-state index contributed by atoms with van der Waals surface area (Å²) in [5.74, 6) is 0.146. The monoisotopic (exact) mass is 322 g/mol. The predicted octanol–water partition coefficient (Wildman–Crippen LogP) is 3.58. The van der Waals surface area contributed by atoms with Crippen molar-refractivity contribution in [3.8, 4) is 0 Å². The van der Waals surface area contributed by atoms with Crippen molar-refractivity contribution in [2.24, 2.45) is 0 Å². The maximum atomic E-state index is 12.3. The molecule has 0 fully saturated rings. The molecule has 0 radical (unpaired) electrons. The molecule has 0 bridgehead atoms. The van der Waals surface area contributed by atoms with Crippen LogP contribution in [0.25, 0.3) is 21.5 Å². The van der Waals surface area contributed by atoms with E-state index in [2.05, 4.69) is 6.58 Å². The molecule has 0 unspecified atom stereocenters. The van der Waals surface area contributed by atoms with Crippen molar-refractivity contribution in [1.82, 2.24) is 0 Å². The van der Waals surface area contributed by atoms with Gasteiger partial charge in [-0.15, -0.1) is 0 Å². The third-order valence-corrected chi connectivity index (χ3v) is 4.63. The summed E-state index contributed by atoms with van der Waals surface area (Å²) in [5, 5.41) is 3.57. The van der Waals surface area contributed by atoms with Crippen LogP contribution in [0.5, 0.6) is 0 Å². The van der Waals surface area contributed by atoms with Gasteiger partial charge in [-0.05, 0) is 41.3 Å². The average molecular weight is 322 g/mol. The second kappa shape index (κ2) is 6.42. The van der Waals surface area contributed by atoms with Gasteiger partial charge in [0.25, 0.3) is 0 Å². The Hall–Kier alpha value is -1.33. The van der Waals surface area contributed by atoms with Gasteiger partial charge in [0.05, 0.1) is 0 Å². The number of fused-ring (bicyclic) bond motifs is 2. The first-order chi connectivity index (χ1) is 9.97. The summed E-state index contributed by atoms with van der Waals surface area (Å²) in [7, 11) is -3.85. The van der Waals surface area contributed by atoms with Crippen molar-refractivity contribution in [3.05, 3.63) is 66.9 Å². The zero-order valence-corrected chi connectivity index (χ0v) is 12.4. The van der Waals surface area contributed by atoms with Crippen LogP contribution in [-0.4, -0.2) is 38.0 Å². The second-order valence-electron chi connectivity index (χ2n) is 4.92. The first kappa shape index (κ1) is 17.0. The number of benzene rings is 3. The molecule has 0 N–H and O–H groups in total. The van der Waals surface area contributed by atoms with Gasteiger partial charge in [0.1, 0.15) is 10.7 Å². The van der Waals surface area contributed by atoms with Crippen LogP contribution in [-0.2, 0) is 14.3 Å². The Balaban J connectivity index is 0.00000176. The molecular weight excluding hydrogens is 307 g/mol. The molecule has 3 rings (SSSR count). The van der Waals surface area contributed by atoms with Gasteiger partial charge in [-0.2, -0.15) is 8.42 Å². The van der Waals surface area contributed by atoms with Crippen LogP contribution in [0, 0.1) is 0 Å². The molecule has 0 aromatic heterocycles. The molecular formula is C17H15NaO3S. The van der Waals surface area contributed by atoms with Crippen molar-refractivity contribution in [2.45, 2.75) is 11.8 Å². The Bertz CT molecular complexity index is 962. The quantitative estimate of drug-likeness (QED) is 0.320. The van der Waals surface area contributed by atoms with Crippen molar-refractivity contribution in [2.75, 3.05) is 0 Å². The molecule has 0 saturated carbocycles. The van der Waals surface area contributed by atoms with Crippen LogP contribution in [0.2, 0.25) is 0 Å². The van der Waals surface area contributed by atoms with Crippen LogP contribution >= 0.6 is 0 Å². The van der Waals surface area contributed by atoms with E-state index in [1.54, 1.807) is 12.1 Å². The van der Waals surface area contributed by atoms with E-state index < -0.39 is 10.1 Å². The zero-order chi connectivity index (χ0) is 15.0. The summed E-state index contributed by atoms with van der Waals surface area (Å²) in [6, 6.07) is 16.8. The van der Waals surface area contributed by atoms with E-state index in [1.165, 1.54) is 6.92 Å². The summed E-state index contributed by atoms with van der Waals surface area (Å²) in [4.78, 5) is 0.161. The SMILES string of the molecule is C=C(C)OS(=O)(=O)c1cccc2cc3ccccc3cc12.[NaH]. The molecule has 0 spiro atoms. The van der Waals surface area contributed by atoms with Gasteiger partial charge in [-0.3, -0.25) is 0 Å². The number of hydrogen-bond acceptors (Lipinski definition) is 3. The molecule has 0 heterocycles. The van der Waals surface area contributed by atoms with Gasteiger partial charge in [0, 0.05) is 5.39 Å². The minimum atomic E-state index is -3.85. The third-order valence-electron chi connectivity index (χ3n) is 3.23. The zero-order valence-electron chi connectivity index (χ0n) is 11.5.